The van der Waals surface area contributed by atoms with Crippen LogP contribution in [0.1, 0.15) is 55.9 Å². The predicted molar refractivity (Wildman–Crippen MR) is 107 cm³/mol. The van der Waals surface area contributed by atoms with E-state index in [0.717, 1.165) is 48.8 Å². The standard InChI is InChI=1S/C22H24ClFN2O/c1-2-16(19-8-7-18(24)13-20(19)23)11-15-6-9-21-17(12-15)14-25-26(21)22-5-3-4-10-27-22/h6-9,12-14,16,22H,2-5,10-11H2,1H3. The zero-order valence-corrected chi connectivity index (χ0v) is 16.3. The molecule has 1 aromatic heterocycles. The number of halogens is 2. The molecule has 0 amide bonds. The Morgan fingerprint density at radius 3 is 2.89 bits per heavy atom. The molecule has 0 spiro atoms. The third-order valence-electron chi connectivity index (χ3n) is 5.47. The fraction of sp³-hybridized carbons (Fsp3) is 0.409. The summed E-state index contributed by atoms with van der Waals surface area (Å²) < 4.78 is 21.3. The lowest BCUT2D eigenvalue weighted by Crippen LogP contribution is -2.18. The number of hydrogen-bond acceptors (Lipinski definition) is 2. The van der Waals surface area contributed by atoms with Crippen molar-refractivity contribution in [2.45, 2.75) is 51.2 Å². The Labute approximate surface area is 164 Å². The minimum absolute atomic E-state index is 0.0449. The highest BCUT2D eigenvalue weighted by atomic mass is 35.5. The first-order valence-electron chi connectivity index (χ1n) is 9.68. The maximum atomic E-state index is 13.4. The summed E-state index contributed by atoms with van der Waals surface area (Å²) in [4.78, 5) is 0. The van der Waals surface area contributed by atoms with E-state index in [-0.39, 0.29) is 18.0 Å². The second-order valence-corrected chi connectivity index (χ2v) is 7.69. The van der Waals surface area contributed by atoms with Crippen LogP contribution in [0.2, 0.25) is 5.02 Å². The number of rotatable bonds is 5. The quantitative estimate of drug-likeness (QED) is 0.517. The Morgan fingerprint density at radius 2 is 2.15 bits per heavy atom. The van der Waals surface area contributed by atoms with Crippen molar-refractivity contribution in [3.05, 3.63) is 64.6 Å². The predicted octanol–water partition coefficient (Wildman–Crippen LogP) is 6.26. The van der Waals surface area contributed by atoms with Gasteiger partial charge in [-0.3, -0.25) is 0 Å². The molecule has 0 aliphatic carbocycles. The number of benzene rings is 2. The van der Waals surface area contributed by atoms with E-state index in [0.29, 0.717) is 5.02 Å². The van der Waals surface area contributed by atoms with Gasteiger partial charge in [0.1, 0.15) is 5.82 Å². The van der Waals surface area contributed by atoms with Crippen LogP contribution in [0.5, 0.6) is 0 Å². The average molecular weight is 387 g/mol. The number of ether oxygens (including phenoxy) is 1. The van der Waals surface area contributed by atoms with Gasteiger partial charge in [-0.15, -0.1) is 0 Å². The minimum Gasteiger partial charge on any atom is -0.356 e. The molecule has 1 aliphatic rings. The lowest BCUT2D eigenvalue weighted by molar-refractivity contribution is -0.0366. The summed E-state index contributed by atoms with van der Waals surface area (Å²) in [6, 6.07) is 11.2. The van der Waals surface area contributed by atoms with Crippen LogP contribution >= 0.6 is 11.6 Å². The van der Waals surface area contributed by atoms with Gasteiger partial charge in [-0.2, -0.15) is 5.10 Å². The van der Waals surface area contributed by atoms with Gasteiger partial charge in [-0.25, -0.2) is 9.07 Å². The number of aromatic nitrogens is 2. The zero-order chi connectivity index (χ0) is 18.8. The SMILES string of the molecule is CCC(Cc1ccc2c(cnn2C2CCCCO2)c1)c1ccc(F)cc1Cl. The second-order valence-electron chi connectivity index (χ2n) is 7.28. The molecule has 142 valence electrons. The molecule has 0 saturated carbocycles. The number of hydrogen-bond donors (Lipinski definition) is 0. The maximum absolute atomic E-state index is 13.4. The summed E-state index contributed by atoms with van der Waals surface area (Å²) in [7, 11) is 0. The van der Waals surface area contributed by atoms with Crippen LogP contribution in [-0.4, -0.2) is 16.4 Å². The normalized spacial score (nSPS) is 18.7. The van der Waals surface area contributed by atoms with Gasteiger partial charge in [-0.05, 0) is 73.4 Å². The third kappa shape index (κ3) is 3.87. The Kier molecular flexibility index (Phi) is 5.46. The monoisotopic (exact) mass is 386 g/mol. The first-order chi connectivity index (χ1) is 13.2. The molecule has 1 aliphatic heterocycles. The van der Waals surface area contributed by atoms with Crippen molar-refractivity contribution in [1.82, 2.24) is 9.78 Å². The molecule has 0 radical (unpaired) electrons. The third-order valence-corrected chi connectivity index (χ3v) is 5.79. The Hall–Kier alpha value is -1.91. The van der Waals surface area contributed by atoms with Crippen molar-refractivity contribution in [1.29, 1.82) is 0 Å². The van der Waals surface area contributed by atoms with Crippen molar-refractivity contribution in [3.8, 4) is 0 Å². The Morgan fingerprint density at radius 1 is 1.26 bits per heavy atom. The lowest BCUT2D eigenvalue weighted by atomic mass is 9.89. The highest BCUT2D eigenvalue weighted by molar-refractivity contribution is 6.31. The van der Waals surface area contributed by atoms with E-state index in [1.807, 2.05) is 16.9 Å². The molecule has 0 N–H and O–H groups in total. The molecule has 3 nitrogen and oxygen atoms in total. The molecule has 1 fully saturated rings. The van der Waals surface area contributed by atoms with Gasteiger partial charge in [0.25, 0.3) is 0 Å². The van der Waals surface area contributed by atoms with Crippen molar-refractivity contribution >= 4 is 22.5 Å². The molecule has 2 aromatic carbocycles. The van der Waals surface area contributed by atoms with Crippen LogP contribution < -0.4 is 0 Å². The molecule has 0 bridgehead atoms. The molecule has 2 atom stereocenters. The summed E-state index contributed by atoms with van der Waals surface area (Å²) in [5.41, 5.74) is 3.35. The molecule has 2 unspecified atom stereocenters. The van der Waals surface area contributed by atoms with Gasteiger partial charge < -0.3 is 4.74 Å². The Bertz CT molecular complexity index is 933. The van der Waals surface area contributed by atoms with E-state index in [1.165, 1.54) is 24.1 Å². The van der Waals surface area contributed by atoms with E-state index in [9.17, 15) is 4.39 Å². The number of fused-ring (bicyclic) bond motifs is 1. The molecule has 3 aromatic rings. The fourth-order valence-corrected chi connectivity index (χ4v) is 4.29. The largest absolute Gasteiger partial charge is 0.356 e. The van der Waals surface area contributed by atoms with E-state index in [1.54, 1.807) is 0 Å². The molecule has 5 heteroatoms. The van der Waals surface area contributed by atoms with E-state index < -0.39 is 0 Å². The highest BCUT2D eigenvalue weighted by Gasteiger charge is 2.19. The van der Waals surface area contributed by atoms with Crippen LogP contribution in [0, 0.1) is 5.82 Å². The molecule has 1 saturated heterocycles. The average Bonchev–Trinajstić information content (AvgIpc) is 3.10. The highest BCUT2D eigenvalue weighted by Crippen LogP contribution is 2.32. The van der Waals surface area contributed by atoms with Gasteiger partial charge in [0.2, 0.25) is 0 Å². The molecule has 27 heavy (non-hydrogen) atoms. The van der Waals surface area contributed by atoms with E-state index >= 15 is 0 Å². The summed E-state index contributed by atoms with van der Waals surface area (Å²) in [5.74, 6) is -0.0374. The Balaban J connectivity index is 1.58. The van der Waals surface area contributed by atoms with Crippen molar-refractivity contribution < 1.29 is 9.13 Å². The van der Waals surface area contributed by atoms with Crippen LogP contribution in [-0.2, 0) is 11.2 Å². The molecular weight excluding hydrogens is 363 g/mol. The van der Waals surface area contributed by atoms with Gasteiger partial charge in [0.15, 0.2) is 6.23 Å². The first-order valence-corrected chi connectivity index (χ1v) is 10.1. The lowest BCUT2D eigenvalue weighted by Gasteiger charge is -2.23. The topological polar surface area (TPSA) is 27.1 Å². The first kappa shape index (κ1) is 18.5. The molecular formula is C22H24ClFN2O. The second kappa shape index (κ2) is 7.99. The summed E-state index contributed by atoms with van der Waals surface area (Å²) in [6.07, 6.45) is 7.10. The van der Waals surface area contributed by atoms with E-state index in [2.05, 4.69) is 30.2 Å². The summed E-state index contributed by atoms with van der Waals surface area (Å²) in [6.45, 7) is 2.95. The fourth-order valence-electron chi connectivity index (χ4n) is 3.97. The van der Waals surface area contributed by atoms with Gasteiger partial charge in [0, 0.05) is 17.0 Å². The van der Waals surface area contributed by atoms with Crippen LogP contribution in [0.4, 0.5) is 4.39 Å². The van der Waals surface area contributed by atoms with Crippen LogP contribution in [0.15, 0.2) is 42.6 Å². The minimum atomic E-state index is -0.294. The van der Waals surface area contributed by atoms with E-state index in [4.69, 9.17) is 16.3 Å². The summed E-state index contributed by atoms with van der Waals surface area (Å²) in [5, 5.41) is 6.20. The van der Waals surface area contributed by atoms with Gasteiger partial charge >= 0.3 is 0 Å². The van der Waals surface area contributed by atoms with Crippen LogP contribution in [0.3, 0.4) is 0 Å². The molecule has 4 rings (SSSR count). The van der Waals surface area contributed by atoms with Crippen LogP contribution in [0.25, 0.3) is 10.9 Å². The smallest absolute Gasteiger partial charge is 0.150 e. The van der Waals surface area contributed by atoms with Gasteiger partial charge in [-0.1, -0.05) is 30.7 Å². The molecule has 2 heterocycles. The summed E-state index contributed by atoms with van der Waals surface area (Å²) >= 11 is 6.29. The van der Waals surface area contributed by atoms with Crippen molar-refractivity contribution in [3.63, 3.8) is 0 Å². The van der Waals surface area contributed by atoms with Gasteiger partial charge in [0.05, 0.1) is 11.7 Å². The van der Waals surface area contributed by atoms with Crippen molar-refractivity contribution in [2.75, 3.05) is 6.61 Å². The van der Waals surface area contributed by atoms with Crippen molar-refractivity contribution in [2.24, 2.45) is 0 Å². The zero-order valence-electron chi connectivity index (χ0n) is 15.5. The maximum Gasteiger partial charge on any atom is 0.150 e. The number of nitrogens with zero attached hydrogens (tertiary/aromatic N) is 2.